The fourth-order valence-electron chi connectivity index (χ4n) is 3.85. The standard InChI is InChI=1S/C27H20N5OP/c34-21-6-8-23-22(16-21)24(11-14-29-23)31-18-3-1-17(2-4-18)27-32-25-7-5-20(15-26(25)33-27)30-19-9-12-28-13-10-19/h1-16H,34H2,(H,28,30)(H,29,31). The summed E-state index contributed by atoms with van der Waals surface area (Å²) in [5.74, 6) is 0.588. The molecule has 3 aromatic heterocycles. The number of hydrogen-bond donors (Lipinski definition) is 2. The molecule has 0 amide bonds. The minimum atomic E-state index is 0.588. The molecule has 0 spiro atoms. The van der Waals surface area contributed by atoms with E-state index in [0.717, 1.165) is 55.6 Å². The molecule has 6 rings (SSSR count). The van der Waals surface area contributed by atoms with Crippen LogP contribution in [-0.4, -0.2) is 15.0 Å². The Kier molecular flexibility index (Phi) is 5.13. The second-order valence-electron chi connectivity index (χ2n) is 7.90. The smallest absolute Gasteiger partial charge is 0.227 e. The van der Waals surface area contributed by atoms with E-state index in [1.54, 1.807) is 12.4 Å². The van der Waals surface area contributed by atoms with E-state index in [2.05, 4.69) is 40.9 Å². The van der Waals surface area contributed by atoms with Gasteiger partial charge in [0.1, 0.15) is 5.52 Å². The highest BCUT2D eigenvalue weighted by Gasteiger charge is 2.10. The summed E-state index contributed by atoms with van der Waals surface area (Å²) in [6.45, 7) is 0. The van der Waals surface area contributed by atoms with Gasteiger partial charge in [0.15, 0.2) is 5.58 Å². The molecule has 0 aliphatic heterocycles. The normalized spacial score (nSPS) is 11.1. The summed E-state index contributed by atoms with van der Waals surface area (Å²) < 4.78 is 6.07. The minimum absolute atomic E-state index is 0.588. The number of nitrogens with one attached hydrogen (secondary N) is 2. The molecule has 0 saturated carbocycles. The van der Waals surface area contributed by atoms with Gasteiger partial charge in [0.2, 0.25) is 5.89 Å². The molecule has 3 aromatic carbocycles. The average molecular weight is 461 g/mol. The number of hydrogen-bond acceptors (Lipinski definition) is 6. The van der Waals surface area contributed by atoms with Gasteiger partial charge in [-0.1, -0.05) is 6.07 Å². The van der Waals surface area contributed by atoms with E-state index in [0.29, 0.717) is 5.89 Å². The van der Waals surface area contributed by atoms with E-state index >= 15 is 0 Å². The maximum atomic E-state index is 6.07. The van der Waals surface area contributed by atoms with Gasteiger partial charge in [0.25, 0.3) is 0 Å². The molecule has 0 aliphatic carbocycles. The SMILES string of the molecule is Pc1ccc2nccc(Nc3ccc(-c4nc5ccc(Nc6ccncc6)cc5o4)cc3)c2c1. The minimum Gasteiger partial charge on any atom is -0.436 e. The van der Waals surface area contributed by atoms with Crippen LogP contribution in [0.1, 0.15) is 0 Å². The first-order valence-electron chi connectivity index (χ1n) is 10.8. The van der Waals surface area contributed by atoms with E-state index in [1.807, 2.05) is 79.0 Å². The van der Waals surface area contributed by atoms with Gasteiger partial charge in [-0.05, 0) is 72.0 Å². The van der Waals surface area contributed by atoms with Crippen LogP contribution >= 0.6 is 9.24 Å². The molecule has 0 radical (unpaired) electrons. The molecule has 6 aromatic rings. The predicted octanol–water partition coefficient (Wildman–Crippen LogP) is 6.43. The third kappa shape index (κ3) is 4.07. The second-order valence-corrected chi connectivity index (χ2v) is 8.57. The largest absolute Gasteiger partial charge is 0.436 e. The number of aromatic nitrogens is 3. The average Bonchev–Trinajstić information content (AvgIpc) is 3.29. The third-order valence-electron chi connectivity index (χ3n) is 5.53. The summed E-state index contributed by atoms with van der Waals surface area (Å²) in [7, 11) is 2.73. The van der Waals surface area contributed by atoms with E-state index in [9.17, 15) is 0 Å². The molecule has 2 N–H and O–H groups in total. The van der Waals surface area contributed by atoms with Crippen LogP contribution in [0.25, 0.3) is 33.5 Å². The second kappa shape index (κ2) is 8.58. The van der Waals surface area contributed by atoms with Gasteiger partial charge < -0.3 is 15.1 Å². The molecule has 0 aliphatic rings. The molecule has 1 atom stereocenters. The number of oxazole rings is 1. The zero-order valence-electron chi connectivity index (χ0n) is 18.1. The Morgan fingerprint density at radius 2 is 1.44 bits per heavy atom. The fraction of sp³-hybridized carbons (Fsp3) is 0. The first-order chi connectivity index (χ1) is 16.7. The summed E-state index contributed by atoms with van der Waals surface area (Å²) in [5, 5.41) is 9.04. The fourth-order valence-corrected chi connectivity index (χ4v) is 4.12. The van der Waals surface area contributed by atoms with Crippen LogP contribution < -0.4 is 15.9 Å². The van der Waals surface area contributed by atoms with Crippen molar-refractivity contribution in [3.63, 3.8) is 0 Å². The van der Waals surface area contributed by atoms with Gasteiger partial charge in [0.05, 0.1) is 5.52 Å². The maximum absolute atomic E-state index is 6.07. The number of pyridine rings is 2. The first kappa shape index (κ1) is 20.3. The lowest BCUT2D eigenvalue weighted by Gasteiger charge is -2.10. The van der Waals surface area contributed by atoms with E-state index in [1.165, 1.54) is 0 Å². The maximum Gasteiger partial charge on any atom is 0.227 e. The van der Waals surface area contributed by atoms with Gasteiger partial charge in [-0.25, -0.2) is 4.98 Å². The number of benzene rings is 3. The molecule has 0 fully saturated rings. The lowest BCUT2D eigenvalue weighted by atomic mass is 10.1. The molecule has 0 bridgehead atoms. The lowest BCUT2D eigenvalue weighted by molar-refractivity contribution is 0.620. The molecule has 6 nitrogen and oxygen atoms in total. The summed E-state index contributed by atoms with van der Waals surface area (Å²) >= 11 is 0. The van der Waals surface area contributed by atoms with Crippen LogP contribution in [0.5, 0.6) is 0 Å². The Morgan fingerprint density at radius 1 is 0.676 bits per heavy atom. The Labute approximate surface area is 198 Å². The molecule has 1 unspecified atom stereocenters. The van der Waals surface area contributed by atoms with Crippen molar-refractivity contribution in [3.05, 3.63) is 97.5 Å². The molecule has 7 heteroatoms. The van der Waals surface area contributed by atoms with Crippen LogP contribution in [0.4, 0.5) is 22.7 Å². The summed E-state index contributed by atoms with van der Waals surface area (Å²) in [6.07, 6.45) is 5.32. The van der Waals surface area contributed by atoms with Gasteiger partial charge in [-0.3, -0.25) is 9.97 Å². The van der Waals surface area contributed by atoms with Crippen molar-refractivity contribution in [2.75, 3.05) is 10.6 Å². The van der Waals surface area contributed by atoms with Gasteiger partial charge >= 0.3 is 0 Å². The lowest BCUT2D eigenvalue weighted by Crippen LogP contribution is -1.96. The van der Waals surface area contributed by atoms with Gasteiger partial charge in [-0.15, -0.1) is 9.24 Å². The van der Waals surface area contributed by atoms with Gasteiger partial charge in [-0.2, -0.15) is 0 Å². The van der Waals surface area contributed by atoms with Crippen molar-refractivity contribution >= 4 is 59.3 Å². The van der Waals surface area contributed by atoms with Crippen LogP contribution in [-0.2, 0) is 0 Å². The molecular formula is C27H20N5OP. The van der Waals surface area contributed by atoms with Crippen molar-refractivity contribution < 1.29 is 4.42 Å². The van der Waals surface area contributed by atoms with Crippen LogP contribution in [0, 0.1) is 0 Å². The van der Waals surface area contributed by atoms with E-state index in [-0.39, 0.29) is 0 Å². The number of rotatable bonds is 5. The Hall–Kier alpha value is -4.28. The van der Waals surface area contributed by atoms with E-state index < -0.39 is 0 Å². The summed E-state index contributed by atoms with van der Waals surface area (Å²) in [4.78, 5) is 13.2. The monoisotopic (exact) mass is 461 g/mol. The zero-order valence-corrected chi connectivity index (χ0v) is 19.2. The van der Waals surface area contributed by atoms with Crippen molar-refractivity contribution in [1.29, 1.82) is 0 Å². The Bertz CT molecular complexity index is 1610. The molecule has 34 heavy (non-hydrogen) atoms. The number of nitrogens with zero attached hydrogens (tertiary/aromatic N) is 3. The highest BCUT2D eigenvalue weighted by Crippen LogP contribution is 2.30. The summed E-state index contributed by atoms with van der Waals surface area (Å²) in [5.41, 5.74) is 7.30. The Morgan fingerprint density at radius 3 is 2.29 bits per heavy atom. The van der Waals surface area contributed by atoms with Crippen LogP contribution in [0.3, 0.4) is 0 Å². The molecule has 164 valence electrons. The highest BCUT2D eigenvalue weighted by atomic mass is 31.0. The first-order valence-corrected chi connectivity index (χ1v) is 11.4. The number of anilines is 4. The molecule has 3 heterocycles. The van der Waals surface area contributed by atoms with Crippen LogP contribution in [0.15, 0.2) is 102 Å². The summed E-state index contributed by atoms with van der Waals surface area (Å²) in [6, 6.07) is 26.0. The quantitative estimate of drug-likeness (QED) is 0.288. The number of fused-ring (bicyclic) bond motifs is 2. The van der Waals surface area contributed by atoms with Crippen molar-refractivity contribution in [2.24, 2.45) is 0 Å². The third-order valence-corrected chi connectivity index (χ3v) is 5.89. The predicted molar refractivity (Wildman–Crippen MR) is 141 cm³/mol. The zero-order chi connectivity index (χ0) is 22.9. The van der Waals surface area contributed by atoms with Gasteiger partial charge in [0, 0.05) is 58.4 Å². The van der Waals surface area contributed by atoms with Crippen molar-refractivity contribution in [3.8, 4) is 11.5 Å². The van der Waals surface area contributed by atoms with Crippen molar-refractivity contribution in [1.82, 2.24) is 15.0 Å². The van der Waals surface area contributed by atoms with E-state index in [4.69, 9.17) is 4.42 Å². The topological polar surface area (TPSA) is 75.9 Å². The molecular weight excluding hydrogens is 441 g/mol. The van der Waals surface area contributed by atoms with Crippen molar-refractivity contribution in [2.45, 2.75) is 0 Å². The molecule has 0 saturated heterocycles. The Balaban J connectivity index is 1.25. The highest BCUT2D eigenvalue weighted by molar-refractivity contribution is 7.27. The van der Waals surface area contributed by atoms with Crippen LogP contribution in [0.2, 0.25) is 0 Å².